The van der Waals surface area contributed by atoms with Crippen LogP contribution in [0, 0.1) is 0 Å². The van der Waals surface area contributed by atoms with Gasteiger partial charge in [0.25, 0.3) is 0 Å². The molecule has 4 rings (SSSR count). The molecule has 0 heterocycles. The molecule has 0 aliphatic rings. The molecule has 2 heteroatoms. The summed E-state index contributed by atoms with van der Waals surface area (Å²) in [6.45, 7) is 4.97. The van der Waals surface area contributed by atoms with E-state index in [1.165, 1.54) is 0 Å². The number of rotatable bonds is 8. The van der Waals surface area contributed by atoms with Gasteiger partial charge >= 0.3 is 0 Å². The lowest BCUT2D eigenvalue weighted by molar-refractivity contribution is 0.107. The fourth-order valence-electron chi connectivity index (χ4n) is 3.38. The molecule has 0 spiro atoms. The monoisotopic (exact) mass is 391 g/mol. The maximum atomic E-state index is 5.91. The zero-order valence-electron chi connectivity index (χ0n) is 16.9. The summed E-state index contributed by atoms with van der Waals surface area (Å²) in [6.07, 6.45) is 1.85. The third kappa shape index (κ3) is 4.86. The first-order valence-corrected chi connectivity index (χ1v) is 10.1. The van der Waals surface area contributed by atoms with E-state index in [1.807, 2.05) is 18.2 Å². The second-order valence-corrected chi connectivity index (χ2v) is 7.11. The van der Waals surface area contributed by atoms with Crippen LogP contribution in [0.1, 0.15) is 16.7 Å². The molecule has 2 nitrogen and oxygen atoms in total. The Hall–Kier alpha value is -3.62. The maximum Gasteiger partial charge on any atom is 0.0721 e. The standard InChI is InChI=1S/C28H25NO/c1-2-23-13-15-24(16-14-23)21-30-22-25-17-19-28(20-18-25)29(26-9-5-3-6-10-26)27-11-7-4-8-12-27/h2-20H,1,21-22H2. The van der Waals surface area contributed by atoms with Crippen LogP contribution < -0.4 is 4.90 Å². The van der Waals surface area contributed by atoms with E-state index in [1.54, 1.807) is 0 Å². The molecule has 0 N–H and O–H groups in total. The first kappa shape index (κ1) is 19.7. The van der Waals surface area contributed by atoms with E-state index in [9.17, 15) is 0 Å². The van der Waals surface area contributed by atoms with Crippen LogP contribution in [-0.4, -0.2) is 0 Å². The molecule has 0 aliphatic heterocycles. The second kappa shape index (κ2) is 9.73. The van der Waals surface area contributed by atoms with E-state index in [0.717, 1.165) is 33.8 Å². The predicted octanol–water partition coefficient (Wildman–Crippen LogP) is 7.52. The zero-order valence-corrected chi connectivity index (χ0v) is 16.9. The summed E-state index contributed by atoms with van der Waals surface area (Å²) in [7, 11) is 0. The lowest BCUT2D eigenvalue weighted by atomic mass is 10.1. The molecule has 0 unspecified atom stereocenters. The van der Waals surface area contributed by atoms with Crippen molar-refractivity contribution in [2.75, 3.05) is 4.90 Å². The van der Waals surface area contributed by atoms with Gasteiger partial charge in [0.05, 0.1) is 13.2 Å². The Morgan fingerprint density at radius 2 is 1.00 bits per heavy atom. The Kier molecular flexibility index (Phi) is 6.38. The molecular formula is C28H25NO. The van der Waals surface area contributed by atoms with Gasteiger partial charge in [-0.15, -0.1) is 0 Å². The smallest absolute Gasteiger partial charge is 0.0721 e. The molecule has 4 aromatic carbocycles. The average Bonchev–Trinajstić information content (AvgIpc) is 2.82. The molecule has 0 aromatic heterocycles. The lowest BCUT2D eigenvalue weighted by Crippen LogP contribution is -2.09. The van der Waals surface area contributed by atoms with Gasteiger partial charge in [-0.05, 0) is 53.1 Å². The third-order valence-electron chi connectivity index (χ3n) is 4.98. The first-order chi connectivity index (χ1) is 14.8. The molecule has 0 saturated carbocycles. The van der Waals surface area contributed by atoms with E-state index < -0.39 is 0 Å². The zero-order chi connectivity index (χ0) is 20.6. The third-order valence-corrected chi connectivity index (χ3v) is 4.98. The minimum absolute atomic E-state index is 0.583. The van der Waals surface area contributed by atoms with E-state index in [-0.39, 0.29) is 0 Å². The highest BCUT2D eigenvalue weighted by Gasteiger charge is 2.11. The molecular weight excluding hydrogens is 366 g/mol. The fourth-order valence-corrected chi connectivity index (χ4v) is 3.38. The number of hydrogen-bond acceptors (Lipinski definition) is 2. The van der Waals surface area contributed by atoms with Gasteiger partial charge in [-0.1, -0.05) is 85.5 Å². The Labute approximate surface area is 178 Å². The Morgan fingerprint density at radius 1 is 0.567 bits per heavy atom. The number of hydrogen-bond donors (Lipinski definition) is 0. The molecule has 0 saturated heterocycles. The van der Waals surface area contributed by atoms with Crippen molar-refractivity contribution in [2.24, 2.45) is 0 Å². The number of ether oxygens (including phenoxy) is 1. The molecule has 0 aliphatic carbocycles. The first-order valence-electron chi connectivity index (χ1n) is 10.1. The van der Waals surface area contributed by atoms with Crippen molar-refractivity contribution in [1.82, 2.24) is 0 Å². The van der Waals surface area contributed by atoms with Gasteiger partial charge in [0.15, 0.2) is 0 Å². The van der Waals surface area contributed by atoms with Crippen molar-refractivity contribution >= 4 is 23.1 Å². The highest BCUT2D eigenvalue weighted by Crippen LogP contribution is 2.34. The fraction of sp³-hybridized carbons (Fsp3) is 0.0714. The largest absolute Gasteiger partial charge is 0.372 e. The van der Waals surface area contributed by atoms with Gasteiger partial charge in [-0.3, -0.25) is 0 Å². The summed E-state index contributed by atoms with van der Waals surface area (Å²) < 4.78 is 5.91. The number of benzene rings is 4. The van der Waals surface area contributed by atoms with Crippen LogP contribution in [0.3, 0.4) is 0 Å². The summed E-state index contributed by atoms with van der Waals surface area (Å²) in [6, 6.07) is 37.7. The van der Waals surface area contributed by atoms with Gasteiger partial charge in [-0.25, -0.2) is 0 Å². The summed E-state index contributed by atoms with van der Waals surface area (Å²) >= 11 is 0. The molecule has 0 amide bonds. The summed E-state index contributed by atoms with van der Waals surface area (Å²) in [5.74, 6) is 0. The molecule has 148 valence electrons. The maximum absolute atomic E-state index is 5.91. The van der Waals surface area contributed by atoms with Crippen molar-refractivity contribution in [3.8, 4) is 0 Å². The predicted molar refractivity (Wildman–Crippen MR) is 126 cm³/mol. The van der Waals surface area contributed by atoms with E-state index >= 15 is 0 Å². The number of para-hydroxylation sites is 2. The van der Waals surface area contributed by atoms with E-state index in [4.69, 9.17) is 4.74 Å². The molecule has 4 aromatic rings. The minimum Gasteiger partial charge on any atom is -0.372 e. The van der Waals surface area contributed by atoms with Crippen molar-refractivity contribution in [3.05, 3.63) is 132 Å². The highest BCUT2D eigenvalue weighted by atomic mass is 16.5. The van der Waals surface area contributed by atoms with Crippen molar-refractivity contribution in [3.63, 3.8) is 0 Å². The van der Waals surface area contributed by atoms with Crippen molar-refractivity contribution in [2.45, 2.75) is 13.2 Å². The van der Waals surface area contributed by atoms with Crippen LogP contribution in [0.2, 0.25) is 0 Å². The van der Waals surface area contributed by atoms with Crippen molar-refractivity contribution in [1.29, 1.82) is 0 Å². The topological polar surface area (TPSA) is 12.5 Å². The molecule has 30 heavy (non-hydrogen) atoms. The van der Waals surface area contributed by atoms with E-state index in [2.05, 4.69) is 109 Å². The van der Waals surface area contributed by atoms with E-state index in [0.29, 0.717) is 13.2 Å². The highest BCUT2D eigenvalue weighted by molar-refractivity contribution is 5.76. The van der Waals surface area contributed by atoms with Crippen molar-refractivity contribution < 1.29 is 4.74 Å². The number of nitrogens with zero attached hydrogens (tertiary/aromatic N) is 1. The molecule has 0 bridgehead atoms. The van der Waals surface area contributed by atoms with Gasteiger partial charge in [0, 0.05) is 17.1 Å². The van der Waals surface area contributed by atoms with Gasteiger partial charge in [0.1, 0.15) is 0 Å². The van der Waals surface area contributed by atoms with Crippen LogP contribution in [-0.2, 0) is 18.0 Å². The van der Waals surface area contributed by atoms with Crippen LogP contribution in [0.25, 0.3) is 6.08 Å². The number of anilines is 3. The molecule has 0 radical (unpaired) electrons. The average molecular weight is 392 g/mol. The van der Waals surface area contributed by atoms with Gasteiger partial charge in [-0.2, -0.15) is 0 Å². The molecule has 0 fully saturated rings. The Balaban J connectivity index is 1.46. The Bertz CT molecular complexity index is 1020. The second-order valence-electron chi connectivity index (χ2n) is 7.11. The van der Waals surface area contributed by atoms with Gasteiger partial charge < -0.3 is 9.64 Å². The van der Waals surface area contributed by atoms with Crippen LogP contribution >= 0.6 is 0 Å². The minimum atomic E-state index is 0.583. The van der Waals surface area contributed by atoms with Crippen LogP contribution in [0.15, 0.2) is 116 Å². The lowest BCUT2D eigenvalue weighted by Gasteiger charge is -2.25. The van der Waals surface area contributed by atoms with Crippen LogP contribution in [0.4, 0.5) is 17.1 Å². The molecule has 0 atom stereocenters. The summed E-state index contributed by atoms with van der Waals surface area (Å²) in [5, 5.41) is 0. The Morgan fingerprint density at radius 3 is 1.47 bits per heavy atom. The SMILES string of the molecule is C=Cc1ccc(COCc2ccc(N(c3ccccc3)c3ccccc3)cc2)cc1. The normalized spacial score (nSPS) is 10.5. The quantitative estimate of drug-likeness (QED) is 0.308. The van der Waals surface area contributed by atoms with Crippen LogP contribution in [0.5, 0.6) is 0 Å². The van der Waals surface area contributed by atoms with Gasteiger partial charge in [0.2, 0.25) is 0 Å². The summed E-state index contributed by atoms with van der Waals surface area (Å²) in [4.78, 5) is 2.26. The summed E-state index contributed by atoms with van der Waals surface area (Å²) in [5.41, 5.74) is 6.83.